The van der Waals surface area contributed by atoms with Gasteiger partial charge in [0.1, 0.15) is 0 Å². The fourth-order valence-electron chi connectivity index (χ4n) is 3.38. The number of hydrogen-bond donors (Lipinski definition) is 0. The van der Waals surface area contributed by atoms with Gasteiger partial charge in [0.25, 0.3) is 0 Å². The van der Waals surface area contributed by atoms with Gasteiger partial charge < -0.3 is 4.90 Å². The molecular formula is C25H19ClN4. The van der Waals surface area contributed by atoms with Gasteiger partial charge in [-0.3, -0.25) is 0 Å². The Morgan fingerprint density at radius 3 is 2.47 bits per heavy atom. The van der Waals surface area contributed by atoms with Crippen LogP contribution in [0.25, 0.3) is 17.0 Å². The summed E-state index contributed by atoms with van der Waals surface area (Å²) in [5, 5.41) is 14.2. The molecular weight excluding hydrogens is 392 g/mol. The second-order valence-electron chi connectivity index (χ2n) is 6.75. The summed E-state index contributed by atoms with van der Waals surface area (Å²) in [6, 6.07) is 19.3. The smallest absolute Gasteiger partial charge is 0.0991 e. The molecule has 30 heavy (non-hydrogen) atoms. The van der Waals surface area contributed by atoms with Gasteiger partial charge in [0.2, 0.25) is 0 Å². The monoisotopic (exact) mass is 410 g/mol. The lowest BCUT2D eigenvalue weighted by molar-refractivity contribution is 0.678. The van der Waals surface area contributed by atoms with Crippen LogP contribution in [0.1, 0.15) is 23.7 Å². The van der Waals surface area contributed by atoms with E-state index >= 15 is 0 Å². The van der Waals surface area contributed by atoms with Crippen molar-refractivity contribution in [1.82, 2.24) is 14.7 Å². The maximum atomic E-state index is 9.07. The Morgan fingerprint density at radius 2 is 1.80 bits per heavy atom. The number of halogens is 1. The summed E-state index contributed by atoms with van der Waals surface area (Å²) in [4.78, 5) is 2.05. The average Bonchev–Trinajstić information content (AvgIpc) is 3.26. The van der Waals surface area contributed by atoms with Crippen LogP contribution in [0.4, 0.5) is 0 Å². The van der Waals surface area contributed by atoms with Crippen molar-refractivity contribution in [2.24, 2.45) is 0 Å². The van der Waals surface area contributed by atoms with Gasteiger partial charge in [-0.2, -0.15) is 10.4 Å². The van der Waals surface area contributed by atoms with E-state index in [1.807, 2.05) is 84.4 Å². The maximum absolute atomic E-state index is 9.07. The van der Waals surface area contributed by atoms with Crippen LogP contribution in [0.15, 0.2) is 97.5 Å². The summed E-state index contributed by atoms with van der Waals surface area (Å²) in [6.45, 7) is 6.18. The van der Waals surface area contributed by atoms with Crippen LogP contribution in [0.5, 0.6) is 0 Å². The molecule has 2 aromatic carbocycles. The fraction of sp³-hybridized carbons (Fsp3) is 0.0400. The van der Waals surface area contributed by atoms with Gasteiger partial charge in [-0.15, -0.1) is 0 Å². The minimum atomic E-state index is 0.634. The van der Waals surface area contributed by atoms with Crippen LogP contribution in [0.3, 0.4) is 0 Å². The molecule has 0 aliphatic carbocycles. The normalized spacial score (nSPS) is 13.9. The number of allylic oxidation sites excluding steroid dienone is 4. The van der Waals surface area contributed by atoms with Crippen LogP contribution in [-0.2, 0) is 0 Å². The van der Waals surface area contributed by atoms with Gasteiger partial charge in [-0.05, 0) is 67.1 Å². The number of rotatable bonds is 4. The van der Waals surface area contributed by atoms with Crippen LogP contribution < -0.4 is 0 Å². The largest absolute Gasteiger partial charge is 0.317 e. The second-order valence-corrected chi connectivity index (χ2v) is 7.18. The first-order valence-corrected chi connectivity index (χ1v) is 9.84. The molecule has 0 radical (unpaired) electrons. The molecule has 0 fully saturated rings. The third kappa shape index (κ3) is 3.71. The zero-order valence-corrected chi connectivity index (χ0v) is 17.2. The van der Waals surface area contributed by atoms with Crippen molar-refractivity contribution in [3.05, 3.63) is 119 Å². The lowest BCUT2D eigenvalue weighted by atomic mass is 10.0. The molecule has 146 valence electrons. The highest BCUT2D eigenvalue weighted by Crippen LogP contribution is 2.32. The molecule has 1 aliphatic rings. The number of hydrogen-bond acceptors (Lipinski definition) is 3. The number of nitriles is 1. The Hall–Kier alpha value is -3.81. The Balaban J connectivity index is 1.73. The standard InChI is InChI=1S/C25H19ClN4/c1-3-24(20-8-5-19(16-27)6-9-20)29-17-21(7-4-18(29)2)25-14-15-28-30(25)23-12-10-22(26)11-13-23/h3-15,17H,2H2,1H3/b24-3-. The molecule has 1 aliphatic heterocycles. The summed E-state index contributed by atoms with van der Waals surface area (Å²) < 4.78 is 1.88. The van der Waals surface area contributed by atoms with E-state index in [4.69, 9.17) is 16.9 Å². The average molecular weight is 411 g/mol. The highest BCUT2D eigenvalue weighted by Gasteiger charge is 2.18. The van der Waals surface area contributed by atoms with Crippen molar-refractivity contribution in [2.45, 2.75) is 6.92 Å². The van der Waals surface area contributed by atoms with Gasteiger partial charge in [0.05, 0.1) is 29.2 Å². The minimum Gasteiger partial charge on any atom is -0.317 e. The molecule has 1 aromatic heterocycles. The topological polar surface area (TPSA) is 44.9 Å². The molecule has 2 heterocycles. The summed E-state index contributed by atoms with van der Waals surface area (Å²) in [5.74, 6) is 0. The number of benzene rings is 2. The van der Waals surface area contributed by atoms with Crippen molar-refractivity contribution < 1.29 is 0 Å². The van der Waals surface area contributed by atoms with Gasteiger partial charge in [-0.1, -0.05) is 36.4 Å². The van der Waals surface area contributed by atoms with E-state index in [2.05, 4.69) is 28.8 Å². The summed E-state index contributed by atoms with van der Waals surface area (Å²) >= 11 is 6.03. The Labute approximate surface area is 180 Å². The molecule has 0 bridgehead atoms. The molecule has 0 saturated carbocycles. The predicted octanol–water partition coefficient (Wildman–Crippen LogP) is 6.18. The van der Waals surface area contributed by atoms with E-state index in [1.165, 1.54) is 0 Å². The quantitative estimate of drug-likeness (QED) is 0.515. The lowest BCUT2D eigenvalue weighted by Crippen LogP contribution is -2.17. The first-order chi connectivity index (χ1) is 14.6. The third-order valence-corrected chi connectivity index (χ3v) is 5.14. The molecule has 0 atom stereocenters. The van der Waals surface area contributed by atoms with Crippen molar-refractivity contribution in [1.29, 1.82) is 5.26 Å². The molecule has 0 amide bonds. The molecule has 3 aromatic rings. The highest BCUT2D eigenvalue weighted by atomic mass is 35.5. The molecule has 0 unspecified atom stereocenters. The predicted molar refractivity (Wildman–Crippen MR) is 121 cm³/mol. The molecule has 0 saturated heterocycles. The molecule has 4 rings (SSSR count). The van der Waals surface area contributed by atoms with E-state index in [9.17, 15) is 0 Å². The van der Waals surface area contributed by atoms with Gasteiger partial charge in [-0.25, -0.2) is 4.68 Å². The van der Waals surface area contributed by atoms with Crippen LogP contribution in [-0.4, -0.2) is 14.7 Å². The Kier molecular flexibility index (Phi) is 5.38. The Bertz CT molecular complexity index is 1220. The first kappa shape index (κ1) is 19.5. The second kappa shape index (κ2) is 8.28. The summed E-state index contributed by atoms with van der Waals surface area (Å²) in [7, 11) is 0. The van der Waals surface area contributed by atoms with E-state index in [1.54, 1.807) is 6.20 Å². The van der Waals surface area contributed by atoms with Gasteiger partial charge in [0.15, 0.2) is 0 Å². The Morgan fingerprint density at radius 1 is 1.07 bits per heavy atom. The van der Waals surface area contributed by atoms with Crippen LogP contribution >= 0.6 is 11.6 Å². The molecule has 0 spiro atoms. The fourth-order valence-corrected chi connectivity index (χ4v) is 3.50. The first-order valence-electron chi connectivity index (χ1n) is 9.46. The molecule has 5 heteroatoms. The third-order valence-electron chi connectivity index (χ3n) is 4.89. The SMILES string of the molecule is C=C1C=CC(c2ccnn2-c2ccc(Cl)cc2)=CN1/C(=C\C)c1ccc(C#N)cc1. The van der Waals surface area contributed by atoms with Crippen LogP contribution in [0, 0.1) is 11.3 Å². The molecule has 4 nitrogen and oxygen atoms in total. The molecule has 0 N–H and O–H groups in total. The van der Waals surface area contributed by atoms with Gasteiger partial charge in [0, 0.05) is 28.2 Å². The highest BCUT2D eigenvalue weighted by molar-refractivity contribution is 6.30. The summed E-state index contributed by atoms with van der Waals surface area (Å²) in [5.41, 5.74) is 6.38. The van der Waals surface area contributed by atoms with Crippen molar-refractivity contribution >= 4 is 22.9 Å². The van der Waals surface area contributed by atoms with E-state index in [-0.39, 0.29) is 0 Å². The van der Waals surface area contributed by atoms with E-state index in [0.29, 0.717) is 10.6 Å². The van der Waals surface area contributed by atoms with Crippen molar-refractivity contribution in [2.75, 3.05) is 0 Å². The van der Waals surface area contributed by atoms with E-state index < -0.39 is 0 Å². The lowest BCUT2D eigenvalue weighted by Gasteiger charge is -2.28. The van der Waals surface area contributed by atoms with Crippen LogP contribution in [0.2, 0.25) is 5.02 Å². The zero-order chi connectivity index (χ0) is 21.1. The van der Waals surface area contributed by atoms with Crippen molar-refractivity contribution in [3.63, 3.8) is 0 Å². The maximum Gasteiger partial charge on any atom is 0.0991 e. The minimum absolute atomic E-state index is 0.634. The van der Waals surface area contributed by atoms with E-state index in [0.717, 1.165) is 33.9 Å². The zero-order valence-electron chi connectivity index (χ0n) is 16.5. The summed E-state index contributed by atoms with van der Waals surface area (Å²) in [6.07, 6.45) is 9.90. The van der Waals surface area contributed by atoms with Crippen molar-refractivity contribution in [3.8, 4) is 11.8 Å². The number of nitrogens with zero attached hydrogens (tertiary/aromatic N) is 4. The van der Waals surface area contributed by atoms with Gasteiger partial charge >= 0.3 is 0 Å². The number of aromatic nitrogens is 2.